The second-order valence-corrected chi connectivity index (χ2v) is 5.65. The summed E-state index contributed by atoms with van der Waals surface area (Å²) in [6, 6.07) is 14.1. The maximum Gasteiger partial charge on any atom is 0.239 e. The molecule has 0 unspecified atom stereocenters. The van der Waals surface area contributed by atoms with E-state index in [2.05, 4.69) is 30.3 Å². The third-order valence-electron chi connectivity index (χ3n) is 3.61. The molecule has 0 heterocycles. The van der Waals surface area contributed by atoms with E-state index in [-0.39, 0.29) is 24.2 Å². The Hall–Kier alpha value is -1.58. The Morgan fingerprint density at radius 1 is 1.14 bits per heavy atom. The van der Waals surface area contributed by atoms with E-state index in [0.29, 0.717) is 6.54 Å². The zero-order valence-electron chi connectivity index (χ0n) is 12.7. The zero-order chi connectivity index (χ0) is 14.7. The minimum absolute atomic E-state index is 0. The molecule has 0 aliphatic carbocycles. The van der Waals surface area contributed by atoms with E-state index in [9.17, 15) is 4.79 Å². The van der Waals surface area contributed by atoms with E-state index in [1.165, 1.54) is 10.8 Å². The summed E-state index contributed by atoms with van der Waals surface area (Å²) in [4.78, 5) is 13.9. The Morgan fingerprint density at radius 3 is 2.38 bits per heavy atom. The molecule has 4 heteroatoms. The Balaban J connectivity index is 0.00000220. The molecule has 0 saturated heterocycles. The van der Waals surface area contributed by atoms with E-state index in [4.69, 9.17) is 5.73 Å². The van der Waals surface area contributed by atoms with E-state index < -0.39 is 6.04 Å². The molecular formula is C17H23ClN2O. The van der Waals surface area contributed by atoms with Crippen LogP contribution in [-0.4, -0.2) is 23.9 Å². The summed E-state index contributed by atoms with van der Waals surface area (Å²) >= 11 is 0. The number of hydrogen-bond donors (Lipinski definition) is 1. The summed E-state index contributed by atoms with van der Waals surface area (Å²) in [6.45, 7) is 4.52. The number of benzene rings is 2. The van der Waals surface area contributed by atoms with Crippen LogP contribution in [0.25, 0.3) is 10.8 Å². The van der Waals surface area contributed by atoms with Gasteiger partial charge < -0.3 is 10.6 Å². The van der Waals surface area contributed by atoms with Gasteiger partial charge in [-0.3, -0.25) is 4.79 Å². The number of amides is 1. The second-order valence-electron chi connectivity index (χ2n) is 5.65. The maximum atomic E-state index is 12.2. The lowest BCUT2D eigenvalue weighted by Gasteiger charge is -2.23. The van der Waals surface area contributed by atoms with Crippen LogP contribution >= 0.6 is 12.4 Å². The first kappa shape index (κ1) is 17.5. The van der Waals surface area contributed by atoms with E-state index >= 15 is 0 Å². The number of rotatable bonds is 4. The lowest BCUT2D eigenvalue weighted by atomic mass is 10.0. The largest absolute Gasteiger partial charge is 0.340 e. The van der Waals surface area contributed by atoms with Gasteiger partial charge in [-0.15, -0.1) is 12.4 Å². The van der Waals surface area contributed by atoms with Crippen LogP contribution in [-0.2, 0) is 11.3 Å². The molecule has 0 radical (unpaired) electrons. The molecule has 1 amide bonds. The number of fused-ring (bicyclic) bond motifs is 1. The topological polar surface area (TPSA) is 46.3 Å². The molecule has 114 valence electrons. The van der Waals surface area contributed by atoms with Crippen LogP contribution < -0.4 is 5.73 Å². The number of nitrogens with zero attached hydrogens (tertiary/aromatic N) is 1. The van der Waals surface area contributed by atoms with Crippen molar-refractivity contribution in [2.45, 2.75) is 26.4 Å². The van der Waals surface area contributed by atoms with E-state index in [1.807, 2.05) is 26.0 Å². The molecule has 0 spiro atoms. The second kappa shape index (κ2) is 7.43. The van der Waals surface area contributed by atoms with Gasteiger partial charge in [0.2, 0.25) is 5.91 Å². The van der Waals surface area contributed by atoms with Gasteiger partial charge in [-0.2, -0.15) is 0 Å². The van der Waals surface area contributed by atoms with Crippen molar-refractivity contribution < 1.29 is 4.79 Å². The van der Waals surface area contributed by atoms with Crippen molar-refractivity contribution in [1.29, 1.82) is 0 Å². The number of nitrogens with two attached hydrogens (primary N) is 1. The standard InChI is InChI=1S/C17H22N2O.ClH/c1-12(2)16(18)17(20)19(3)11-13-8-9-14-6-4-5-7-15(14)10-13;/h4-10,12,16H,11,18H2,1-3H3;1H/t16-;/m0./s1. The normalized spacial score (nSPS) is 12.0. The molecule has 0 fully saturated rings. The van der Waals surface area contributed by atoms with Gasteiger partial charge in [-0.1, -0.05) is 50.2 Å². The van der Waals surface area contributed by atoms with Crippen molar-refractivity contribution in [1.82, 2.24) is 4.90 Å². The third-order valence-corrected chi connectivity index (χ3v) is 3.61. The number of likely N-dealkylation sites (N-methyl/N-ethyl adjacent to an activating group) is 1. The van der Waals surface area contributed by atoms with Crippen molar-refractivity contribution in [3.05, 3.63) is 48.0 Å². The average molecular weight is 307 g/mol. The van der Waals surface area contributed by atoms with Gasteiger partial charge in [0.05, 0.1) is 6.04 Å². The van der Waals surface area contributed by atoms with Crippen LogP contribution in [0.5, 0.6) is 0 Å². The fraction of sp³-hybridized carbons (Fsp3) is 0.353. The maximum absolute atomic E-state index is 12.2. The molecule has 0 bridgehead atoms. The Labute approximate surface area is 132 Å². The van der Waals surface area contributed by atoms with Gasteiger partial charge in [0.25, 0.3) is 0 Å². The predicted octanol–water partition coefficient (Wildman–Crippen LogP) is 3.20. The van der Waals surface area contributed by atoms with E-state index in [0.717, 1.165) is 5.56 Å². The number of halogens is 1. The van der Waals surface area contributed by atoms with Gasteiger partial charge >= 0.3 is 0 Å². The Bertz CT molecular complexity index is 613. The quantitative estimate of drug-likeness (QED) is 0.943. The van der Waals surface area contributed by atoms with Crippen LogP contribution in [0.2, 0.25) is 0 Å². The van der Waals surface area contributed by atoms with Crippen molar-refractivity contribution in [2.75, 3.05) is 7.05 Å². The first-order valence-corrected chi connectivity index (χ1v) is 6.97. The first-order valence-electron chi connectivity index (χ1n) is 6.97. The van der Waals surface area contributed by atoms with Crippen LogP contribution in [0.3, 0.4) is 0 Å². The molecular weight excluding hydrogens is 284 g/mol. The first-order chi connectivity index (χ1) is 9.49. The van der Waals surface area contributed by atoms with Crippen LogP contribution in [0.15, 0.2) is 42.5 Å². The fourth-order valence-corrected chi connectivity index (χ4v) is 2.23. The van der Waals surface area contributed by atoms with Gasteiger partial charge in [0, 0.05) is 13.6 Å². The SMILES string of the molecule is CC(C)[C@H](N)C(=O)N(C)Cc1ccc2ccccc2c1.Cl. The summed E-state index contributed by atoms with van der Waals surface area (Å²) in [5.74, 6) is 0.148. The zero-order valence-corrected chi connectivity index (χ0v) is 13.6. The van der Waals surface area contributed by atoms with Crippen LogP contribution in [0.1, 0.15) is 19.4 Å². The number of carbonyl (C=O) groups excluding carboxylic acids is 1. The molecule has 21 heavy (non-hydrogen) atoms. The van der Waals surface area contributed by atoms with Crippen LogP contribution in [0, 0.1) is 5.92 Å². The minimum Gasteiger partial charge on any atom is -0.340 e. The lowest BCUT2D eigenvalue weighted by Crippen LogP contribution is -2.44. The molecule has 2 aromatic carbocycles. The highest BCUT2D eigenvalue weighted by Crippen LogP contribution is 2.17. The van der Waals surface area contributed by atoms with E-state index in [1.54, 1.807) is 11.9 Å². The summed E-state index contributed by atoms with van der Waals surface area (Å²) in [5, 5.41) is 2.41. The molecule has 0 aromatic heterocycles. The van der Waals surface area contributed by atoms with Crippen molar-refractivity contribution in [3.8, 4) is 0 Å². The summed E-state index contributed by atoms with van der Waals surface area (Å²) in [6.07, 6.45) is 0. The summed E-state index contributed by atoms with van der Waals surface area (Å²) in [7, 11) is 1.81. The lowest BCUT2D eigenvalue weighted by molar-refractivity contribution is -0.132. The number of carbonyl (C=O) groups is 1. The van der Waals surface area contributed by atoms with Gasteiger partial charge in [-0.25, -0.2) is 0 Å². The fourth-order valence-electron chi connectivity index (χ4n) is 2.23. The van der Waals surface area contributed by atoms with Gasteiger partial charge in [-0.05, 0) is 28.3 Å². The molecule has 2 N–H and O–H groups in total. The van der Waals surface area contributed by atoms with Crippen molar-refractivity contribution >= 4 is 29.1 Å². The van der Waals surface area contributed by atoms with Gasteiger partial charge in [0.15, 0.2) is 0 Å². The predicted molar refractivity (Wildman–Crippen MR) is 90.5 cm³/mol. The smallest absolute Gasteiger partial charge is 0.239 e. The monoisotopic (exact) mass is 306 g/mol. The average Bonchev–Trinajstić information content (AvgIpc) is 2.45. The molecule has 0 aliphatic rings. The molecule has 1 atom stereocenters. The third kappa shape index (κ3) is 4.19. The molecule has 3 nitrogen and oxygen atoms in total. The summed E-state index contributed by atoms with van der Waals surface area (Å²) in [5.41, 5.74) is 7.03. The Morgan fingerprint density at radius 2 is 1.76 bits per heavy atom. The highest BCUT2D eigenvalue weighted by atomic mass is 35.5. The van der Waals surface area contributed by atoms with Crippen molar-refractivity contribution in [2.24, 2.45) is 11.7 Å². The molecule has 2 aromatic rings. The summed E-state index contributed by atoms with van der Waals surface area (Å²) < 4.78 is 0. The number of hydrogen-bond acceptors (Lipinski definition) is 2. The molecule has 2 rings (SSSR count). The highest BCUT2D eigenvalue weighted by molar-refractivity contribution is 5.85. The van der Waals surface area contributed by atoms with Gasteiger partial charge in [0.1, 0.15) is 0 Å². The van der Waals surface area contributed by atoms with Crippen molar-refractivity contribution in [3.63, 3.8) is 0 Å². The molecule has 0 saturated carbocycles. The minimum atomic E-state index is -0.430. The Kier molecular flexibility index (Phi) is 6.19. The molecule has 0 aliphatic heterocycles. The van der Waals surface area contributed by atoms with Crippen LogP contribution in [0.4, 0.5) is 0 Å². The highest BCUT2D eigenvalue weighted by Gasteiger charge is 2.20.